The molecular formula is C5H11NO3. The van der Waals surface area contributed by atoms with Gasteiger partial charge in [-0.25, -0.2) is 0 Å². The van der Waals surface area contributed by atoms with Gasteiger partial charge in [0.2, 0.25) is 0 Å². The average Bonchev–Trinajstić information content (AvgIpc) is 1.63. The van der Waals surface area contributed by atoms with E-state index < -0.39 is 18.1 Å². The fraction of sp³-hybridized carbons (Fsp3) is 0.800. The Bertz CT molecular complexity index is 102. The first kappa shape index (κ1) is 8.39. The lowest BCUT2D eigenvalue weighted by Crippen LogP contribution is -2.33. The van der Waals surface area contributed by atoms with Gasteiger partial charge in [0.15, 0.2) is 0 Å². The summed E-state index contributed by atoms with van der Waals surface area (Å²) in [6, 6.07) is -0.940. The molecule has 4 N–H and O–H groups in total. The lowest BCUT2D eigenvalue weighted by Gasteiger charge is -2.06. The lowest BCUT2D eigenvalue weighted by molar-refractivity contribution is -0.139. The Kier molecular flexibility index (Phi) is 3.19. The zero-order valence-corrected chi connectivity index (χ0v) is 5.24. The summed E-state index contributed by atoms with van der Waals surface area (Å²) >= 11 is 0. The standard InChI is InChI=1S/C5H11NO3/c1-3(7)2-4(6)5(8)9/h3-4,7H,2,6H2,1H3,(H,8,9)/t3-,4?/m0/s1. The summed E-state index contributed by atoms with van der Waals surface area (Å²) in [5, 5.41) is 16.8. The molecule has 0 saturated carbocycles. The van der Waals surface area contributed by atoms with Crippen molar-refractivity contribution in [1.29, 1.82) is 0 Å². The predicted molar refractivity (Wildman–Crippen MR) is 31.9 cm³/mol. The minimum Gasteiger partial charge on any atom is -0.480 e. The summed E-state index contributed by atoms with van der Waals surface area (Å²) in [6.45, 7) is 1.50. The third-order valence-electron chi connectivity index (χ3n) is 0.912. The van der Waals surface area contributed by atoms with E-state index in [9.17, 15) is 4.79 Å². The summed E-state index contributed by atoms with van der Waals surface area (Å²) < 4.78 is 0. The van der Waals surface area contributed by atoms with Crippen LogP contribution in [0.3, 0.4) is 0 Å². The van der Waals surface area contributed by atoms with E-state index in [1.807, 2.05) is 0 Å². The average molecular weight is 133 g/mol. The maximum atomic E-state index is 10.00. The van der Waals surface area contributed by atoms with Crippen LogP contribution in [0.2, 0.25) is 0 Å². The first-order valence-electron chi connectivity index (χ1n) is 2.70. The van der Waals surface area contributed by atoms with Crippen LogP contribution in [0, 0.1) is 0 Å². The second-order valence-electron chi connectivity index (χ2n) is 2.03. The maximum absolute atomic E-state index is 10.00. The van der Waals surface area contributed by atoms with Crippen LogP contribution in [0.1, 0.15) is 13.3 Å². The molecule has 0 bridgehead atoms. The van der Waals surface area contributed by atoms with Gasteiger partial charge in [-0.05, 0) is 13.3 Å². The molecule has 4 heteroatoms. The molecule has 0 aromatic rings. The number of nitrogens with two attached hydrogens (primary N) is 1. The van der Waals surface area contributed by atoms with Crippen molar-refractivity contribution in [1.82, 2.24) is 0 Å². The highest BCUT2D eigenvalue weighted by atomic mass is 16.4. The number of aliphatic hydroxyl groups excluding tert-OH is 1. The monoisotopic (exact) mass is 133 g/mol. The van der Waals surface area contributed by atoms with E-state index in [4.69, 9.17) is 15.9 Å². The van der Waals surface area contributed by atoms with Crippen molar-refractivity contribution in [3.8, 4) is 0 Å². The highest BCUT2D eigenvalue weighted by molar-refractivity contribution is 5.73. The molecule has 9 heavy (non-hydrogen) atoms. The largest absolute Gasteiger partial charge is 0.480 e. The summed E-state index contributed by atoms with van der Waals surface area (Å²) in [7, 11) is 0. The Labute approximate surface area is 53.3 Å². The molecule has 0 aliphatic rings. The second kappa shape index (κ2) is 3.42. The van der Waals surface area contributed by atoms with E-state index in [1.54, 1.807) is 0 Å². The van der Waals surface area contributed by atoms with E-state index in [-0.39, 0.29) is 6.42 Å². The van der Waals surface area contributed by atoms with Crippen molar-refractivity contribution in [3.63, 3.8) is 0 Å². The molecular weight excluding hydrogens is 122 g/mol. The van der Waals surface area contributed by atoms with Crippen LogP contribution in [0.25, 0.3) is 0 Å². The number of carboxylic acid groups (broad SMARTS) is 1. The Hall–Kier alpha value is -0.610. The zero-order valence-electron chi connectivity index (χ0n) is 5.24. The molecule has 0 saturated heterocycles. The van der Waals surface area contributed by atoms with Crippen LogP contribution in [-0.4, -0.2) is 28.3 Å². The number of hydrogen-bond donors (Lipinski definition) is 3. The van der Waals surface area contributed by atoms with Gasteiger partial charge in [-0.1, -0.05) is 0 Å². The van der Waals surface area contributed by atoms with Gasteiger partial charge < -0.3 is 15.9 Å². The Morgan fingerprint density at radius 3 is 2.33 bits per heavy atom. The van der Waals surface area contributed by atoms with Crippen molar-refractivity contribution in [2.45, 2.75) is 25.5 Å². The third kappa shape index (κ3) is 3.93. The minimum absolute atomic E-state index is 0.106. The summed E-state index contributed by atoms with van der Waals surface area (Å²) in [5.41, 5.74) is 5.06. The second-order valence-corrected chi connectivity index (χ2v) is 2.03. The molecule has 0 aromatic carbocycles. The van der Waals surface area contributed by atoms with E-state index in [0.717, 1.165) is 0 Å². The lowest BCUT2D eigenvalue weighted by atomic mass is 10.1. The van der Waals surface area contributed by atoms with Crippen LogP contribution >= 0.6 is 0 Å². The molecule has 0 radical (unpaired) electrons. The van der Waals surface area contributed by atoms with Crippen molar-refractivity contribution >= 4 is 5.97 Å². The van der Waals surface area contributed by atoms with Gasteiger partial charge in [0.25, 0.3) is 0 Å². The fourth-order valence-electron chi connectivity index (χ4n) is 0.468. The van der Waals surface area contributed by atoms with Crippen molar-refractivity contribution in [2.24, 2.45) is 5.73 Å². The Morgan fingerprint density at radius 1 is 1.78 bits per heavy atom. The van der Waals surface area contributed by atoms with Crippen molar-refractivity contribution in [3.05, 3.63) is 0 Å². The van der Waals surface area contributed by atoms with Crippen LogP contribution in [0.15, 0.2) is 0 Å². The molecule has 2 atom stereocenters. The van der Waals surface area contributed by atoms with Gasteiger partial charge in [-0.3, -0.25) is 4.79 Å². The van der Waals surface area contributed by atoms with E-state index in [0.29, 0.717) is 0 Å². The molecule has 0 aliphatic heterocycles. The third-order valence-corrected chi connectivity index (χ3v) is 0.912. The van der Waals surface area contributed by atoms with Crippen molar-refractivity contribution < 1.29 is 15.0 Å². The minimum atomic E-state index is -1.07. The zero-order chi connectivity index (χ0) is 7.44. The maximum Gasteiger partial charge on any atom is 0.320 e. The number of aliphatic carboxylic acids is 1. The van der Waals surface area contributed by atoms with Gasteiger partial charge in [0, 0.05) is 0 Å². The first-order chi connectivity index (χ1) is 4.04. The SMILES string of the molecule is C[C@H](O)CC(N)C(=O)O. The predicted octanol–water partition coefficient (Wildman–Crippen LogP) is -0.831. The normalized spacial score (nSPS) is 16.8. The number of rotatable bonds is 3. The summed E-state index contributed by atoms with van der Waals surface area (Å²) in [4.78, 5) is 10.00. The van der Waals surface area contributed by atoms with Crippen LogP contribution < -0.4 is 5.73 Å². The number of carbonyl (C=O) groups is 1. The van der Waals surface area contributed by atoms with Crippen LogP contribution in [0.5, 0.6) is 0 Å². The van der Waals surface area contributed by atoms with Gasteiger partial charge in [0.05, 0.1) is 6.10 Å². The van der Waals surface area contributed by atoms with Crippen LogP contribution in [0.4, 0.5) is 0 Å². The van der Waals surface area contributed by atoms with Gasteiger partial charge in [0.1, 0.15) is 6.04 Å². The molecule has 4 nitrogen and oxygen atoms in total. The highest BCUT2D eigenvalue weighted by Crippen LogP contribution is 1.93. The molecule has 0 rings (SSSR count). The molecule has 0 aromatic heterocycles. The molecule has 0 heterocycles. The molecule has 54 valence electrons. The van der Waals surface area contributed by atoms with Gasteiger partial charge in [-0.2, -0.15) is 0 Å². The van der Waals surface area contributed by atoms with Gasteiger partial charge >= 0.3 is 5.97 Å². The van der Waals surface area contributed by atoms with E-state index in [2.05, 4.69) is 0 Å². The number of hydrogen-bond acceptors (Lipinski definition) is 3. The van der Waals surface area contributed by atoms with Crippen molar-refractivity contribution in [2.75, 3.05) is 0 Å². The topological polar surface area (TPSA) is 83.5 Å². The molecule has 0 aliphatic carbocycles. The Balaban J connectivity index is 3.50. The quantitative estimate of drug-likeness (QED) is 0.469. The summed E-state index contributed by atoms with van der Waals surface area (Å²) in [5.74, 6) is -1.07. The fourth-order valence-corrected chi connectivity index (χ4v) is 0.468. The van der Waals surface area contributed by atoms with Gasteiger partial charge in [-0.15, -0.1) is 0 Å². The van der Waals surface area contributed by atoms with Crippen LogP contribution in [-0.2, 0) is 4.79 Å². The smallest absolute Gasteiger partial charge is 0.320 e. The summed E-state index contributed by atoms with van der Waals surface area (Å²) in [6.07, 6.45) is -0.536. The highest BCUT2D eigenvalue weighted by Gasteiger charge is 2.12. The van der Waals surface area contributed by atoms with E-state index >= 15 is 0 Å². The molecule has 0 amide bonds. The number of aliphatic hydroxyl groups is 1. The first-order valence-corrected chi connectivity index (χ1v) is 2.70. The molecule has 1 unspecified atom stereocenters. The molecule has 0 spiro atoms. The number of carboxylic acids is 1. The Morgan fingerprint density at radius 2 is 2.22 bits per heavy atom. The van der Waals surface area contributed by atoms with E-state index in [1.165, 1.54) is 6.92 Å². The molecule has 0 fully saturated rings.